The molecule has 3 aromatic rings. The summed E-state index contributed by atoms with van der Waals surface area (Å²) in [4.78, 5) is 12.7. The van der Waals surface area contributed by atoms with Crippen molar-refractivity contribution in [2.75, 3.05) is 11.9 Å². The molecule has 22 heavy (non-hydrogen) atoms. The Hall–Kier alpha value is -2.47. The molecule has 5 nitrogen and oxygen atoms in total. The average molecular weight is 318 g/mol. The first-order chi connectivity index (χ1) is 10.7. The van der Waals surface area contributed by atoms with Gasteiger partial charge in [-0.05, 0) is 12.1 Å². The number of nitrogens with zero attached hydrogens (tertiary/aromatic N) is 4. The maximum absolute atomic E-state index is 13.9. The highest BCUT2D eigenvalue weighted by atomic mass is 35.5. The van der Waals surface area contributed by atoms with Crippen LogP contribution < -0.4 is 5.32 Å². The summed E-state index contributed by atoms with van der Waals surface area (Å²) in [6.45, 7) is 4.47. The average Bonchev–Trinajstić information content (AvgIpc) is 2.93. The van der Waals surface area contributed by atoms with Crippen LogP contribution in [0.25, 0.3) is 11.2 Å². The first-order valence-electron chi connectivity index (χ1n) is 6.64. The first kappa shape index (κ1) is 14.5. The smallest absolute Gasteiger partial charge is 0.165 e. The van der Waals surface area contributed by atoms with Gasteiger partial charge < -0.3 is 9.88 Å². The summed E-state index contributed by atoms with van der Waals surface area (Å²) in [6, 6.07) is 4.62. The molecule has 0 saturated heterocycles. The summed E-state index contributed by atoms with van der Waals surface area (Å²) < 4.78 is 15.7. The van der Waals surface area contributed by atoms with Gasteiger partial charge in [-0.3, -0.25) is 0 Å². The van der Waals surface area contributed by atoms with Gasteiger partial charge in [-0.25, -0.2) is 19.3 Å². The molecule has 0 unspecified atom stereocenters. The van der Waals surface area contributed by atoms with Crippen molar-refractivity contribution >= 4 is 28.6 Å². The molecule has 112 valence electrons. The van der Waals surface area contributed by atoms with Gasteiger partial charge in [-0.2, -0.15) is 0 Å². The molecule has 0 atom stereocenters. The Morgan fingerprint density at radius 3 is 2.95 bits per heavy atom. The van der Waals surface area contributed by atoms with Gasteiger partial charge in [0.05, 0.1) is 12.9 Å². The Morgan fingerprint density at radius 1 is 1.32 bits per heavy atom. The van der Waals surface area contributed by atoms with E-state index in [9.17, 15) is 4.39 Å². The molecule has 2 aromatic heterocycles. The molecule has 0 fully saturated rings. The van der Waals surface area contributed by atoms with Crippen LogP contribution in [0.1, 0.15) is 5.56 Å². The number of fused-ring (bicyclic) bond motifs is 1. The SMILES string of the molecule is C=CCNc1ncnc2c1ncn2Cc1c(F)cccc1Cl. The molecule has 0 aliphatic carbocycles. The van der Waals surface area contributed by atoms with E-state index in [0.717, 1.165) is 0 Å². The minimum absolute atomic E-state index is 0.250. The van der Waals surface area contributed by atoms with Crippen LogP contribution in [0.4, 0.5) is 10.2 Å². The fourth-order valence-electron chi connectivity index (χ4n) is 2.15. The molecular weight excluding hydrogens is 305 g/mol. The molecule has 7 heteroatoms. The standard InChI is InChI=1S/C15H13ClFN5/c1-2-6-18-14-13-15(20-8-19-14)22(9-21-13)7-10-11(16)4-3-5-12(10)17/h2-5,8-9H,1,6-7H2,(H,18,19,20). The largest absolute Gasteiger partial charge is 0.365 e. The molecule has 0 aliphatic rings. The summed E-state index contributed by atoms with van der Waals surface area (Å²) in [7, 11) is 0. The number of halogens is 2. The second kappa shape index (κ2) is 6.11. The monoisotopic (exact) mass is 317 g/mol. The Kier molecular flexibility index (Phi) is 4.02. The first-order valence-corrected chi connectivity index (χ1v) is 7.02. The number of imidazole rings is 1. The Morgan fingerprint density at radius 2 is 2.18 bits per heavy atom. The van der Waals surface area contributed by atoms with Crippen molar-refractivity contribution < 1.29 is 4.39 Å². The number of benzene rings is 1. The number of aromatic nitrogens is 4. The Balaban J connectivity index is 2.00. The third kappa shape index (κ3) is 2.65. The highest BCUT2D eigenvalue weighted by Gasteiger charge is 2.13. The lowest BCUT2D eigenvalue weighted by atomic mass is 10.2. The molecule has 0 amide bonds. The van der Waals surface area contributed by atoms with Crippen molar-refractivity contribution in [3.8, 4) is 0 Å². The molecule has 0 bridgehead atoms. The number of hydrogen-bond acceptors (Lipinski definition) is 4. The van der Waals surface area contributed by atoms with Crippen LogP contribution in [0.2, 0.25) is 5.02 Å². The van der Waals surface area contributed by atoms with Crippen LogP contribution in [0.5, 0.6) is 0 Å². The van der Waals surface area contributed by atoms with E-state index in [-0.39, 0.29) is 12.4 Å². The van der Waals surface area contributed by atoms with Crippen LogP contribution in [0, 0.1) is 5.82 Å². The van der Waals surface area contributed by atoms with Crippen molar-refractivity contribution in [1.82, 2.24) is 19.5 Å². The van der Waals surface area contributed by atoms with Gasteiger partial charge in [0, 0.05) is 17.1 Å². The zero-order valence-corrected chi connectivity index (χ0v) is 12.4. The minimum Gasteiger partial charge on any atom is -0.365 e. The van der Waals surface area contributed by atoms with Crippen molar-refractivity contribution in [2.24, 2.45) is 0 Å². The van der Waals surface area contributed by atoms with Crippen LogP contribution in [0.15, 0.2) is 43.5 Å². The minimum atomic E-state index is -0.353. The number of hydrogen-bond donors (Lipinski definition) is 1. The molecule has 0 radical (unpaired) electrons. The van der Waals surface area contributed by atoms with Crippen LogP contribution >= 0.6 is 11.6 Å². The zero-order valence-electron chi connectivity index (χ0n) is 11.6. The highest BCUT2D eigenvalue weighted by molar-refractivity contribution is 6.31. The second-order valence-electron chi connectivity index (χ2n) is 4.64. The van der Waals surface area contributed by atoms with E-state index in [1.807, 2.05) is 0 Å². The molecule has 2 heterocycles. The second-order valence-corrected chi connectivity index (χ2v) is 5.04. The van der Waals surface area contributed by atoms with E-state index in [0.29, 0.717) is 34.1 Å². The highest BCUT2D eigenvalue weighted by Crippen LogP contribution is 2.23. The summed E-state index contributed by atoms with van der Waals surface area (Å²) >= 11 is 6.07. The van der Waals surface area contributed by atoms with E-state index in [4.69, 9.17) is 11.6 Å². The van der Waals surface area contributed by atoms with E-state index < -0.39 is 0 Å². The third-order valence-electron chi connectivity index (χ3n) is 3.21. The fourth-order valence-corrected chi connectivity index (χ4v) is 2.37. The van der Waals surface area contributed by atoms with E-state index in [2.05, 4.69) is 26.8 Å². The van der Waals surface area contributed by atoms with Crippen molar-refractivity contribution in [3.05, 3.63) is 59.9 Å². The van der Waals surface area contributed by atoms with E-state index in [1.54, 1.807) is 29.1 Å². The zero-order chi connectivity index (χ0) is 15.5. The maximum atomic E-state index is 13.9. The fraction of sp³-hybridized carbons (Fsp3) is 0.133. The lowest BCUT2D eigenvalue weighted by Crippen LogP contribution is -2.04. The lowest BCUT2D eigenvalue weighted by Gasteiger charge is -2.08. The predicted molar refractivity (Wildman–Crippen MR) is 84.5 cm³/mol. The summed E-state index contributed by atoms with van der Waals surface area (Å²) in [6.07, 6.45) is 4.76. The molecule has 0 spiro atoms. The quantitative estimate of drug-likeness (QED) is 0.734. The summed E-state index contributed by atoms with van der Waals surface area (Å²) in [5, 5.41) is 3.47. The van der Waals surface area contributed by atoms with Gasteiger partial charge in [0.1, 0.15) is 17.7 Å². The topological polar surface area (TPSA) is 55.6 Å². The molecule has 0 aliphatic heterocycles. The lowest BCUT2D eigenvalue weighted by molar-refractivity contribution is 0.601. The maximum Gasteiger partial charge on any atom is 0.165 e. The van der Waals surface area contributed by atoms with Gasteiger partial charge >= 0.3 is 0 Å². The van der Waals surface area contributed by atoms with Gasteiger partial charge in [0.2, 0.25) is 0 Å². The molecule has 3 rings (SSSR count). The molecular formula is C15H13ClFN5. The van der Waals surface area contributed by atoms with Crippen molar-refractivity contribution in [3.63, 3.8) is 0 Å². The van der Waals surface area contributed by atoms with Gasteiger partial charge in [0.15, 0.2) is 11.5 Å². The van der Waals surface area contributed by atoms with E-state index >= 15 is 0 Å². The predicted octanol–water partition coefficient (Wildman–Crippen LogP) is 3.27. The Labute approximate surface area is 131 Å². The van der Waals surface area contributed by atoms with Crippen molar-refractivity contribution in [1.29, 1.82) is 0 Å². The van der Waals surface area contributed by atoms with Crippen LogP contribution in [-0.2, 0) is 6.54 Å². The number of anilines is 1. The normalized spacial score (nSPS) is 10.8. The molecule has 0 saturated carbocycles. The van der Waals surface area contributed by atoms with Gasteiger partial charge in [0.25, 0.3) is 0 Å². The number of rotatable bonds is 5. The van der Waals surface area contributed by atoms with Gasteiger partial charge in [-0.15, -0.1) is 6.58 Å². The Bertz CT molecular complexity index is 810. The van der Waals surface area contributed by atoms with Crippen LogP contribution in [-0.4, -0.2) is 26.1 Å². The molecule has 1 N–H and O–H groups in total. The van der Waals surface area contributed by atoms with Crippen molar-refractivity contribution in [2.45, 2.75) is 6.54 Å². The molecule has 1 aromatic carbocycles. The third-order valence-corrected chi connectivity index (χ3v) is 3.56. The van der Waals surface area contributed by atoms with E-state index in [1.165, 1.54) is 12.4 Å². The van der Waals surface area contributed by atoms with Crippen LogP contribution in [0.3, 0.4) is 0 Å². The summed E-state index contributed by atoms with van der Waals surface area (Å²) in [5.74, 6) is 0.261. The summed E-state index contributed by atoms with van der Waals surface area (Å²) in [5.41, 5.74) is 1.64. The number of nitrogens with one attached hydrogen (secondary N) is 1. The van der Waals surface area contributed by atoms with Gasteiger partial charge in [-0.1, -0.05) is 23.7 Å².